The first-order chi connectivity index (χ1) is 19.8. The quantitative estimate of drug-likeness (QED) is 0.259. The van der Waals surface area contributed by atoms with Crippen LogP contribution in [0.5, 0.6) is 0 Å². The molecule has 0 bridgehead atoms. The Morgan fingerprint density at radius 1 is 1.05 bits per heavy atom. The van der Waals surface area contributed by atoms with Gasteiger partial charge in [-0.25, -0.2) is 13.2 Å². The van der Waals surface area contributed by atoms with Crippen molar-refractivity contribution in [1.82, 2.24) is 20.1 Å². The van der Waals surface area contributed by atoms with Crippen molar-refractivity contribution in [1.29, 1.82) is 0 Å². The van der Waals surface area contributed by atoms with E-state index in [1.165, 1.54) is 31.5 Å². The Balaban J connectivity index is 1.74. The summed E-state index contributed by atoms with van der Waals surface area (Å²) >= 11 is 0. The van der Waals surface area contributed by atoms with Gasteiger partial charge in [-0.05, 0) is 53.9 Å². The summed E-state index contributed by atoms with van der Waals surface area (Å²) in [5, 5.41) is 6.13. The van der Waals surface area contributed by atoms with Crippen LogP contribution in [0.1, 0.15) is 39.0 Å². The number of rotatable bonds is 10. The molecule has 4 aromatic rings. The minimum atomic E-state index is -4.77. The van der Waals surface area contributed by atoms with Gasteiger partial charge >= 0.3 is 6.18 Å². The highest BCUT2D eigenvalue weighted by Crippen LogP contribution is 2.31. The van der Waals surface area contributed by atoms with Crippen LogP contribution < -0.4 is 11.1 Å². The number of hydrogen-bond donors (Lipinski definition) is 2. The molecule has 0 saturated heterocycles. The topological polar surface area (TPSA) is 112 Å². The molecule has 4 rings (SSSR count). The van der Waals surface area contributed by atoms with Gasteiger partial charge in [0.1, 0.15) is 24.0 Å². The lowest BCUT2D eigenvalue weighted by Gasteiger charge is -2.22. The summed E-state index contributed by atoms with van der Waals surface area (Å²) < 4.78 is 87.8. The molecule has 42 heavy (non-hydrogen) atoms. The van der Waals surface area contributed by atoms with E-state index in [4.69, 9.17) is 10.5 Å². The number of amides is 2. The second-order valence-electron chi connectivity index (χ2n) is 9.21. The number of hydrogen-bond acceptors (Lipinski definition) is 5. The molecule has 3 N–H and O–H groups in total. The number of primary amides is 1. The second kappa shape index (κ2) is 12.4. The molecule has 2 amide bonds. The average molecular weight is 592 g/mol. The van der Waals surface area contributed by atoms with Crippen LogP contribution in [0.4, 0.5) is 26.3 Å². The molecule has 0 aliphatic heterocycles. The Morgan fingerprint density at radius 3 is 2.40 bits per heavy atom. The highest BCUT2D eigenvalue weighted by Gasteiger charge is 2.35. The predicted molar refractivity (Wildman–Crippen MR) is 137 cm³/mol. The standard InChI is InChI=1S/C28H23F6N5O3/c1-42-14-19-12-24(28(32,33)34)38-39(19)13-25(40)37-23(9-15-7-17(29)11-18(30)8-15)26-20(3-2-6-36-26)16-4-5-22(31)21(10-16)27(35)41/h2-8,10-12,23H,9,13-14H2,1H3,(H2,35,41)(H,37,40). The molecule has 0 aliphatic carbocycles. The molecule has 0 radical (unpaired) electrons. The molecule has 0 spiro atoms. The van der Waals surface area contributed by atoms with E-state index in [1.807, 2.05) is 0 Å². The van der Waals surface area contributed by atoms with Crippen LogP contribution in [-0.2, 0) is 35.3 Å². The molecule has 14 heteroatoms. The highest BCUT2D eigenvalue weighted by atomic mass is 19.4. The zero-order chi connectivity index (χ0) is 30.6. The molecule has 2 heterocycles. The van der Waals surface area contributed by atoms with E-state index < -0.39 is 59.3 Å². The Morgan fingerprint density at radius 2 is 1.76 bits per heavy atom. The molecule has 1 atom stereocenters. The maximum Gasteiger partial charge on any atom is 0.435 e. The Bertz CT molecular complexity index is 1600. The van der Waals surface area contributed by atoms with Gasteiger partial charge in [0, 0.05) is 24.9 Å². The number of carbonyl (C=O) groups excluding carboxylic acids is 2. The molecule has 220 valence electrons. The van der Waals surface area contributed by atoms with Gasteiger partial charge in [-0.3, -0.25) is 19.3 Å². The lowest BCUT2D eigenvalue weighted by Crippen LogP contribution is -2.34. The Hall–Kier alpha value is -4.72. The molecule has 0 saturated carbocycles. The maximum absolute atomic E-state index is 14.2. The summed E-state index contributed by atoms with van der Waals surface area (Å²) in [5.41, 5.74) is 4.54. The monoisotopic (exact) mass is 591 g/mol. The van der Waals surface area contributed by atoms with Gasteiger partial charge in [-0.15, -0.1) is 0 Å². The normalized spacial score (nSPS) is 12.3. The zero-order valence-electron chi connectivity index (χ0n) is 21.9. The number of alkyl halides is 3. The van der Waals surface area contributed by atoms with E-state index in [0.29, 0.717) is 17.2 Å². The molecule has 1 unspecified atom stereocenters. The third-order valence-electron chi connectivity index (χ3n) is 6.15. The smallest absolute Gasteiger partial charge is 0.378 e. The fraction of sp³-hybridized carbons (Fsp3) is 0.214. The number of carbonyl (C=O) groups is 2. The average Bonchev–Trinajstić information content (AvgIpc) is 3.31. The Labute approximate surface area is 235 Å². The minimum absolute atomic E-state index is 0.0208. The third-order valence-corrected chi connectivity index (χ3v) is 6.15. The van der Waals surface area contributed by atoms with Gasteiger partial charge in [0.2, 0.25) is 5.91 Å². The largest absolute Gasteiger partial charge is 0.435 e. The number of methoxy groups -OCH3 is 1. The summed E-state index contributed by atoms with van der Waals surface area (Å²) in [6.45, 7) is -0.924. The highest BCUT2D eigenvalue weighted by molar-refractivity contribution is 5.94. The van der Waals surface area contributed by atoms with Crippen LogP contribution >= 0.6 is 0 Å². The summed E-state index contributed by atoms with van der Waals surface area (Å²) in [6, 6.07) is 9.08. The molecule has 0 fully saturated rings. The van der Waals surface area contributed by atoms with Crippen LogP contribution in [0.2, 0.25) is 0 Å². The van der Waals surface area contributed by atoms with Crippen molar-refractivity contribution in [2.75, 3.05) is 7.11 Å². The number of halogens is 6. The molecule has 0 aliphatic rings. The fourth-order valence-corrected chi connectivity index (χ4v) is 4.37. The van der Waals surface area contributed by atoms with Crippen molar-refractivity contribution in [3.05, 3.63) is 106 Å². The number of nitrogens with two attached hydrogens (primary N) is 1. The third kappa shape index (κ3) is 7.13. The van der Waals surface area contributed by atoms with Crippen molar-refractivity contribution in [3.8, 4) is 11.1 Å². The van der Waals surface area contributed by atoms with E-state index in [0.717, 1.165) is 28.9 Å². The van der Waals surface area contributed by atoms with Gasteiger partial charge in [-0.2, -0.15) is 18.3 Å². The number of ether oxygens (including phenoxy) is 1. The van der Waals surface area contributed by atoms with Crippen molar-refractivity contribution in [2.45, 2.75) is 31.8 Å². The maximum atomic E-state index is 14.2. The second-order valence-corrected chi connectivity index (χ2v) is 9.21. The first-order valence-electron chi connectivity index (χ1n) is 12.3. The van der Waals surface area contributed by atoms with Gasteiger partial charge in [0.05, 0.1) is 29.6 Å². The SMILES string of the molecule is COCc1cc(C(F)(F)F)nn1CC(=O)NC(Cc1cc(F)cc(F)c1)c1ncccc1-c1ccc(F)c(C(N)=O)c1. The molecule has 8 nitrogen and oxygen atoms in total. The van der Waals surface area contributed by atoms with E-state index in [1.54, 1.807) is 6.07 Å². The van der Waals surface area contributed by atoms with Gasteiger partial charge < -0.3 is 15.8 Å². The number of pyridine rings is 1. The van der Waals surface area contributed by atoms with E-state index in [9.17, 15) is 35.9 Å². The van der Waals surface area contributed by atoms with Crippen molar-refractivity contribution >= 4 is 11.8 Å². The zero-order valence-corrected chi connectivity index (χ0v) is 21.9. The molecular weight excluding hydrogens is 568 g/mol. The van der Waals surface area contributed by atoms with Crippen molar-refractivity contribution in [2.24, 2.45) is 5.73 Å². The summed E-state index contributed by atoms with van der Waals surface area (Å²) in [5.74, 6) is -4.44. The van der Waals surface area contributed by atoms with Crippen LogP contribution in [0.25, 0.3) is 11.1 Å². The molecule has 2 aromatic carbocycles. The lowest BCUT2D eigenvalue weighted by molar-refractivity contribution is -0.141. The fourth-order valence-electron chi connectivity index (χ4n) is 4.37. The molecular formula is C28H23F6N5O3. The number of benzene rings is 2. The van der Waals surface area contributed by atoms with Crippen LogP contribution in [0, 0.1) is 17.5 Å². The summed E-state index contributed by atoms with van der Waals surface area (Å²) in [6.07, 6.45) is -3.59. The van der Waals surface area contributed by atoms with E-state index >= 15 is 0 Å². The lowest BCUT2D eigenvalue weighted by atomic mass is 9.94. The first kappa shape index (κ1) is 30.2. The predicted octanol–water partition coefficient (Wildman–Crippen LogP) is 4.73. The van der Waals surface area contributed by atoms with Crippen LogP contribution in [0.15, 0.2) is 60.8 Å². The molecule has 2 aromatic heterocycles. The van der Waals surface area contributed by atoms with E-state index in [-0.39, 0.29) is 30.0 Å². The van der Waals surface area contributed by atoms with Crippen LogP contribution in [0.3, 0.4) is 0 Å². The Kier molecular flexibility index (Phi) is 8.95. The van der Waals surface area contributed by atoms with Crippen LogP contribution in [-0.4, -0.2) is 33.7 Å². The minimum Gasteiger partial charge on any atom is -0.378 e. The number of aromatic nitrogens is 3. The summed E-state index contributed by atoms with van der Waals surface area (Å²) in [4.78, 5) is 29.3. The van der Waals surface area contributed by atoms with Crippen molar-refractivity contribution < 1.29 is 40.7 Å². The first-order valence-corrected chi connectivity index (χ1v) is 12.3. The van der Waals surface area contributed by atoms with E-state index in [2.05, 4.69) is 15.4 Å². The van der Waals surface area contributed by atoms with Gasteiger partial charge in [0.25, 0.3) is 5.91 Å². The van der Waals surface area contributed by atoms with Crippen molar-refractivity contribution in [3.63, 3.8) is 0 Å². The van der Waals surface area contributed by atoms with Gasteiger partial charge in [0.15, 0.2) is 5.69 Å². The number of nitrogens with one attached hydrogen (secondary N) is 1. The summed E-state index contributed by atoms with van der Waals surface area (Å²) in [7, 11) is 1.26. The van der Waals surface area contributed by atoms with Gasteiger partial charge in [-0.1, -0.05) is 12.1 Å². The number of nitrogens with zero attached hydrogens (tertiary/aromatic N) is 3.